The van der Waals surface area contributed by atoms with Crippen LogP contribution in [0.5, 0.6) is 5.75 Å². The molecule has 4 aromatic rings. The van der Waals surface area contributed by atoms with E-state index in [0.717, 1.165) is 16.9 Å². The molecular formula is C25H17ClFN3O4S. The van der Waals surface area contributed by atoms with E-state index in [2.05, 4.69) is 9.97 Å². The van der Waals surface area contributed by atoms with Crippen molar-refractivity contribution in [2.75, 3.05) is 12.0 Å². The fourth-order valence-corrected chi connectivity index (χ4v) is 5.21. The zero-order chi connectivity index (χ0) is 24.9. The van der Waals surface area contributed by atoms with Crippen molar-refractivity contribution < 1.29 is 23.8 Å². The summed E-state index contributed by atoms with van der Waals surface area (Å²) in [6.07, 6.45) is 3.07. The molecule has 0 radical (unpaired) electrons. The molecule has 5 rings (SSSR count). The van der Waals surface area contributed by atoms with Crippen molar-refractivity contribution >= 4 is 55.7 Å². The van der Waals surface area contributed by atoms with Crippen LogP contribution in [0.4, 0.5) is 9.52 Å². The second kappa shape index (κ2) is 8.75. The Balaban J connectivity index is 1.75. The van der Waals surface area contributed by atoms with Crippen LogP contribution in [0.1, 0.15) is 22.7 Å². The quantitative estimate of drug-likeness (QED) is 0.224. The average molecular weight is 510 g/mol. The fraction of sp³-hybridized carbons (Fsp3) is 0.120. The largest absolute Gasteiger partial charge is 0.507 e. The number of carbonyl (C=O) groups excluding carboxylic acids is 2. The van der Waals surface area contributed by atoms with Gasteiger partial charge in [0.2, 0.25) is 0 Å². The number of thiazole rings is 1. The molecule has 35 heavy (non-hydrogen) atoms. The highest BCUT2D eigenvalue weighted by molar-refractivity contribution is 7.22. The van der Waals surface area contributed by atoms with E-state index in [-0.39, 0.29) is 27.0 Å². The number of carbonyl (C=O) groups is 2. The van der Waals surface area contributed by atoms with Crippen LogP contribution in [0.2, 0.25) is 5.02 Å². The van der Waals surface area contributed by atoms with Gasteiger partial charge in [-0.2, -0.15) is 0 Å². The number of halogens is 2. The highest BCUT2D eigenvalue weighted by Crippen LogP contribution is 2.45. The molecule has 10 heteroatoms. The lowest BCUT2D eigenvalue weighted by Crippen LogP contribution is -2.29. The molecule has 0 bridgehead atoms. The number of pyridine rings is 1. The molecule has 1 fully saturated rings. The molecule has 1 N–H and O–H groups in total. The number of nitrogens with zero attached hydrogens (tertiary/aromatic N) is 3. The van der Waals surface area contributed by atoms with E-state index < -0.39 is 23.5 Å². The van der Waals surface area contributed by atoms with Crippen molar-refractivity contribution in [2.24, 2.45) is 0 Å². The van der Waals surface area contributed by atoms with Gasteiger partial charge < -0.3 is 9.84 Å². The van der Waals surface area contributed by atoms with Gasteiger partial charge in [0.1, 0.15) is 17.3 Å². The molecular weight excluding hydrogens is 493 g/mol. The van der Waals surface area contributed by atoms with Gasteiger partial charge in [-0.15, -0.1) is 0 Å². The standard InChI is InChI=1S/C25H17ClFN3O4S/c1-12-5-6-18(34-2)14(8-12)22(31)20-21(13-4-3-7-28-11-13)30(24(33)23(20)32)25-29-17-9-15(26)16(27)10-19(17)35-25/h3-11,21,31H,1-2H3/b22-20+. The van der Waals surface area contributed by atoms with Crippen molar-refractivity contribution in [3.05, 3.63) is 88.0 Å². The minimum absolute atomic E-state index is 0.105. The second-order valence-corrected chi connectivity index (χ2v) is 9.31. The lowest BCUT2D eigenvalue weighted by atomic mass is 9.95. The first-order valence-electron chi connectivity index (χ1n) is 10.4. The van der Waals surface area contributed by atoms with E-state index in [4.69, 9.17) is 16.3 Å². The molecule has 2 aromatic carbocycles. The Kier molecular flexibility index (Phi) is 5.74. The summed E-state index contributed by atoms with van der Waals surface area (Å²) in [5.41, 5.74) is 1.84. The first-order chi connectivity index (χ1) is 16.8. The first kappa shape index (κ1) is 22.9. The number of amides is 1. The van der Waals surface area contributed by atoms with Crippen LogP contribution in [0, 0.1) is 12.7 Å². The van der Waals surface area contributed by atoms with Crippen LogP contribution >= 0.6 is 22.9 Å². The van der Waals surface area contributed by atoms with E-state index in [1.54, 1.807) is 36.5 Å². The number of Topliss-reactive ketones (excluding diaryl/α,β-unsaturated/α-hetero) is 1. The maximum Gasteiger partial charge on any atom is 0.301 e. The van der Waals surface area contributed by atoms with Crippen LogP contribution in [0.3, 0.4) is 0 Å². The van der Waals surface area contributed by atoms with Gasteiger partial charge in [-0.3, -0.25) is 19.5 Å². The van der Waals surface area contributed by atoms with Crippen molar-refractivity contribution in [1.29, 1.82) is 0 Å². The number of methoxy groups -OCH3 is 1. The molecule has 1 aliphatic heterocycles. The summed E-state index contributed by atoms with van der Waals surface area (Å²) in [6.45, 7) is 1.83. The molecule has 1 saturated heterocycles. The molecule has 0 saturated carbocycles. The summed E-state index contributed by atoms with van der Waals surface area (Å²) < 4.78 is 19.9. The smallest absolute Gasteiger partial charge is 0.301 e. The van der Waals surface area contributed by atoms with Gasteiger partial charge in [0.05, 0.1) is 39.5 Å². The van der Waals surface area contributed by atoms with Gasteiger partial charge >= 0.3 is 5.91 Å². The Bertz CT molecular complexity index is 1500. The zero-order valence-electron chi connectivity index (χ0n) is 18.5. The highest BCUT2D eigenvalue weighted by Gasteiger charge is 2.48. The molecule has 2 aromatic heterocycles. The van der Waals surface area contributed by atoms with E-state index in [0.29, 0.717) is 21.5 Å². The Morgan fingerprint density at radius 3 is 2.74 bits per heavy atom. The predicted molar refractivity (Wildman–Crippen MR) is 131 cm³/mol. The summed E-state index contributed by atoms with van der Waals surface area (Å²) in [6, 6.07) is 10.1. The third kappa shape index (κ3) is 3.82. The topological polar surface area (TPSA) is 92.6 Å². The summed E-state index contributed by atoms with van der Waals surface area (Å²) >= 11 is 6.94. The minimum Gasteiger partial charge on any atom is -0.507 e. The third-order valence-electron chi connectivity index (χ3n) is 5.68. The van der Waals surface area contributed by atoms with E-state index >= 15 is 0 Å². The van der Waals surface area contributed by atoms with Crippen LogP contribution in [0.15, 0.2) is 60.4 Å². The molecule has 1 amide bonds. The van der Waals surface area contributed by atoms with E-state index in [1.165, 1.54) is 30.3 Å². The molecule has 1 aliphatic rings. The number of aliphatic hydroxyl groups excluding tert-OH is 1. The van der Waals surface area contributed by atoms with Crippen LogP contribution < -0.4 is 9.64 Å². The number of ether oxygens (including phenoxy) is 1. The van der Waals surface area contributed by atoms with Gasteiger partial charge in [0, 0.05) is 12.4 Å². The number of hydrogen-bond donors (Lipinski definition) is 1. The Hall–Kier alpha value is -3.82. The molecule has 1 unspecified atom stereocenters. The minimum atomic E-state index is -1.02. The molecule has 0 spiro atoms. The number of hydrogen-bond acceptors (Lipinski definition) is 7. The van der Waals surface area contributed by atoms with Crippen LogP contribution in [-0.2, 0) is 9.59 Å². The summed E-state index contributed by atoms with van der Waals surface area (Å²) in [7, 11) is 1.45. The van der Waals surface area contributed by atoms with Crippen LogP contribution in [-0.4, -0.2) is 33.9 Å². The number of ketones is 1. The van der Waals surface area contributed by atoms with Crippen LogP contribution in [0.25, 0.3) is 16.0 Å². The van der Waals surface area contributed by atoms with E-state index in [1.807, 2.05) is 6.92 Å². The molecule has 0 aliphatic carbocycles. The number of rotatable bonds is 4. The Morgan fingerprint density at radius 1 is 1.23 bits per heavy atom. The van der Waals surface area contributed by atoms with Crippen molar-refractivity contribution in [1.82, 2.24) is 9.97 Å². The third-order valence-corrected chi connectivity index (χ3v) is 6.99. The number of anilines is 1. The summed E-state index contributed by atoms with van der Waals surface area (Å²) in [4.78, 5) is 36.4. The lowest BCUT2D eigenvalue weighted by Gasteiger charge is -2.22. The van der Waals surface area contributed by atoms with Crippen molar-refractivity contribution in [3.63, 3.8) is 0 Å². The Labute approximate surface area is 208 Å². The molecule has 176 valence electrons. The number of benzene rings is 2. The average Bonchev–Trinajstić information content (AvgIpc) is 3.37. The Morgan fingerprint density at radius 2 is 2.03 bits per heavy atom. The number of fused-ring (bicyclic) bond motifs is 1. The zero-order valence-corrected chi connectivity index (χ0v) is 20.0. The van der Waals surface area contributed by atoms with Gasteiger partial charge in [-0.1, -0.05) is 40.6 Å². The maximum atomic E-state index is 14.0. The van der Waals surface area contributed by atoms with Gasteiger partial charge in [-0.25, -0.2) is 9.37 Å². The molecule has 7 nitrogen and oxygen atoms in total. The highest BCUT2D eigenvalue weighted by atomic mass is 35.5. The number of aryl methyl sites for hydroxylation is 1. The second-order valence-electron chi connectivity index (χ2n) is 7.89. The van der Waals surface area contributed by atoms with Gasteiger partial charge in [0.25, 0.3) is 5.78 Å². The monoisotopic (exact) mass is 509 g/mol. The SMILES string of the molecule is COc1ccc(C)cc1/C(O)=C1\C(=O)C(=O)N(c2nc3cc(Cl)c(F)cc3s2)C1c1cccnc1. The fourth-order valence-electron chi connectivity index (χ4n) is 4.05. The molecule has 1 atom stereocenters. The van der Waals surface area contributed by atoms with Crippen molar-refractivity contribution in [3.8, 4) is 5.75 Å². The first-order valence-corrected chi connectivity index (χ1v) is 11.6. The number of aromatic nitrogens is 2. The lowest BCUT2D eigenvalue weighted by molar-refractivity contribution is -0.132. The summed E-state index contributed by atoms with van der Waals surface area (Å²) in [5.74, 6) is -2.42. The van der Waals surface area contributed by atoms with Gasteiger partial charge in [0.15, 0.2) is 5.13 Å². The predicted octanol–water partition coefficient (Wildman–Crippen LogP) is 5.43. The summed E-state index contributed by atoms with van der Waals surface area (Å²) in [5, 5.41) is 11.4. The van der Waals surface area contributed by atoms with E-state index in [9.17, 15) is 19.1 Å². The number of aliphatic hydroxyl groups is 1. The molecule has 3 heterocycles. The normalized spacial score (nSPS) is 17.4. The maximum absolute atomic E-state index is 14.0. The van der Waals surface area contributed by atoms with Crippen molar-refractivity contribution in [2.45, 2.75) is 13.0 Å². The van der Waals surface area contributed by atoms with Gasteiger partial charge in [-0.05, 0) is 42.8 Å².